The van der Waals surface area contributed by atoms with Crippen molar-refractivity contribution >= 4 is 11.8 Å². The number of nitrogens with zero attached hydrogens (tertiary/aromatic N) is 1. The van der Waals surface area contributed by atoms with Crippen LogP contribution in [0.15, 0.2) is 32.8 Å². The highest BCUT2D eigenvalue weighted by molar-refractivity contribution is 7.98. The molecule has 0 aliphatic heterocycles. The molecule has 84 valence electrons. The Balaban J connectivity index is 2.38. The Hall–Kier alpha value is -1.49. The minimum Gasteiger partial charge on any atom is -0.469 e. The molecule has 0 spiro atoms. The summed E-state index contributed by atoms with van der Waals surface area (Å²) < 4.78 is 5.22. The van der Waals surface area contributed by atoms with E-state index in [1.54, 1.807) is 6.26 Å². The largest absolute Gasteiger partial charge is 0.469 e. The highest BCUT2D eigenvalue weighted by Gasteiger charge is 2.09. The van der Waals surface area contributed by atoms with Crippen LogP contribution < -0.4 is 5.56 Å². The maximum Gasteiger partial charge on any atom is 0.255 e. The Morgan fingerprint density at radius 3 is 2.94 bits per heavy atom. The first kappa shape index (κ1) is 11.0. The molecule has 0 saturated carbocycles. The van der Waals surface area contributed by atoms with Crippen LogP contribution in [-0.2, 0) is 6.42 Å². The number of aromatic nitrogens is 2. The molecule has 2 rings (SSSR count). The molecule has 0 amide bonds. The molecule has 0 radical (unpaired) electrons. The molecule has 0 unspecified atom stereocenters. The standard InChI is InChI=1S/C11H12N2O2S/c1-7-9(6-8-4-3-5-15-8)10(14)13-11(12-7)16-2/h3-5H,6H2,1-2H3,(H,12,13,14). The molecule has 0 aliphatic carbocycles. The van der Waals surface area contributed by atoms with Gasteiger partial charge in [-0.15, -0.1) is 0 Å². The molecule has 16 heavy (non-hydrogen) atoms. The number of thioether (sulfide) groups is 1. The molecule has 2 heterocycles. The van der Waals surface area contributed by atoms with E-state index in [4.69, 9.17) is 4.42 Å². The number of nitrogens with one attached hydrogen (secondary N) is 1. The van der Waals surface area contributed by atoms with Crippen LogP contribution in [0.1, 0.15) is 17.0 Å². The zero-order valence-electron chi connectivity index (χ0n) is 9.11. The lowest BCUT2D eigenvalue weighted by molar-refractivity contribution is 0.519. The van der Waals surface area contributed by atoms with E-state index in [9.17, 15) is 4.79 Å². The minimum absolute atomic E-state index is 0.0896. The van der Waals surface area contributed by atoms with Crippen molar-refractivity contribution in [3.63, 3.8) is 0 Å². The van der Waals surface area contributed by atoms with Gasteiger partial charge in [-0.25, -0.2) is 4.98 Å². The third-order valence-electron chi connectivity index (χ3n) is 2.32. The summed E-state index contributed by atoms with van der Waals surface area (Å²) in [6.45, 7) is 1.84. The lowest BCUT2D eigenvalue weighted by Crippen LogP contribution is -2.17. The average molecular weight is 236 g/mol. The third-order valence-corrected chi connectivity index (χ3v) is 2.91. The van der Waals surface area contributed by atoms with Gasteiger partial charge in [0.2, 0.25) is 0 Å². The van der Waals surface area contributed by atoms with E-state index in [2.05, 4.69) is 9.97 Å². The smallest absolute Gasteiger partial charge is 0.255 e. The summed E-state index contributed by atoms with van der Waals surface area (Å²) in [5.41, 5.74) is 1.32. The number of furan rings is 1. The monoisotopic (exact) mass is 236 g/mol. The number of H-pyrrole nitrogens is 1. The van der Waals surface area contributed by atoms with Crippen molar-refractivity contribution in [3.8, 4) is 0 Å². The number of aromatic amines is 1. The van der Waals surface area contributed by atoms with Crippen molar-refractivity contribution in [2.24, 2.45) is 0 Å². The van der Waals surface area contributed by atoms with E-state index in [0.29, 0.717) is 17.1 Å². The van der Waals surface area contributed by atoms with Gasteiger partial charge in [-0.3, -0.25) is 4.79 Å². The second-order valence-electron chi connectivity index (χ2n) is 3.40. The Kier molecular flexibility index (Phi) is 3.14. The quantitative estimate of drug-likeness (QED) is 0.654. The van der Waals surface area contributed by atoms with E-state index >= 15 is 0 Å². The van der Waals surface area contributed by atoms with Gasteiger partial charge in [-0.1, -0.05) is 11.8 Å². The maximum atomic E-state index is 11.8. The summed E-state index contributed by atoms with van der Waals surface area (Å²) in [7, 11) is 0. The minimum atomic E-state index is -0.0896. The van der Waals surface area contributed by atoms with Gasteiger partial charge in [0.1, 0.15) is 5.76 Å². The summed E-state index contributed by atoms with van der Waals surface area (Å²) in [5.74, 6) is 0.771. The fourth-order valence-electron chi connectivity index (χ4n) is 1.48. The first-order chi connectivity index (χ1) is 7.70. The predicted octanol–water partition coefficient (Wildman–Crippen LogP) is 1.98. The molecule has 2 aromatic heterocycles. The van der Waals surface area contributed by atoms with Crippen LogP contribution in [0, 0.1) is 6.92 Å². The summed E-state index contributed by atoms with van der Waals surface area (Å²) >= 11 is 1.42. The van der Waals surface area contributed by atoms with Crippen molar-refractivity contribution in [3.05, 3.63) is 45.8 Å². The highest BCUT2D eigenvalue weighted by atomic mass is 32.2. The fraction of sp³-hybridized carbons (Fsp3) is 0.273. The number of hydrogen-bond donors (Lipinski definition) is 1. The third kappa shape index (κ3) is 2.19. The van der Waals surface area contributed by atoms with Gasteiger partial charge in [-0.2, -0.15) is 0 Å². The van der Waals surface area contributed by atoms with E-state index < -0.39 is 0 Å². The molecule has 1 N–H and O–H groups in total. The lowest BCUT2D eigenvalue weighted by atomic mass is 10.1. The second kappa shape index (κ2) is 4.57. The van der Waals surface area contributed by atoms with Crippen LogP contribution in [-0.4, -0.2) is 16.2 Å². The maximum absolute atomic E-state index is 11.8. The zero-order valence-corrected chi connectivity index (χ0v) is 9.93. The number of aryl methyl sites for hydroxylation is 1. The van der Waals surface area contributed by atoms with E-state index in [0.717, 1.165) is 11.5 Å². The van der Waals surface area contributed by atoms with Gasteiger partial charge in [-0.05, 0) is 25.3 Å². The second-order valence-corrected chi connectivity index (χ2v) is 4.19. The Labute approximate surface area is 97.1 Å². The van der Waals surface area contributed by atoms with E-state index in [1.807, 2.05) is 25.3 Å². The molecule has 5 heteroatoms. The summed E-state index contributed by atoms with van der Waals surface area (Å²) in [4.78, 5) is 18.8. The van der Waals surface area contributed by atoms with Gasteiger partial charge >= 0.3 is 0 Å². The van der Waals surface area contributed by atoms with Crippen molar-refractivity contribution in [2.45, 2.75) is 18.5 Å². The van der Waals surface area contributed by atoms with Crippen LogP contribution in [0.25, 0.3) is 0 Å². The summed E-state index contributed by atoms with van der Waals surface area (Å²) in [6.07, 6.45) is 3.96. The van der Waals surface area contributed by atoms with Crippen LogP contribution in [0.3, 0.4) is 0 Å². The molecule has 0 bridgehead atoms. The predicted molar refractivity (Wildman–Crippen MR) is 62.9 cm³/mol. The highest BCUT2D eigenvalue weighted by Crippen LogP contribution is 2.12. The van der Waals surface area contributed by atoms with Gasteiger partial charge in [0.05, 0.1) is 6.26 Å². The molecule has 0 fully saturated rings. The molecule has 0 saturated heterocycles. The van der Waals surface area contributed by atoms with Crippen LogP contribution in [0.5, 0.6) is 0 Å². The molecule has 0 aliphatic rings. The Morgan fingerprint density at radius 2 is 2.38 bits per heavy atom. The summed E-state index contributed by atoms with van der Waals surface area (Å²) in [6, 6.07) is 3.66. The molecule has 4 nitrogen and oxygen atoms in total. The first-order valence-electron chi connectivity index (χ1n) is 4.87. The van der Waals surface area contributed by atoms with Crippen molar-refractivity contribution < 1.29 is 4.42 Å². The molecule has 0 atom stereocenters. The van der Waals surface area contributed by atoms with E-state index in [-0.39, 0.29) is 5.56 Å². The first-order valence-corrected chi connectivity index (χ1v) is 6.09. The van der Waals surface area contributed by atoms with Crippen molar-refractivity contribution in [2.75, 3.05) is 6.26 Å². The van der Waals surface area contributed by atoms with E-state index in [1.165, 1.54) is 11.8 Å². The van der Waals surface area contributed by atoms with Gasteiger partial charge in [0.25, 0.3) is 5.56 Å². The average Bonchev–Trinajstić information content (AvgIpc) is 2.75. The van der Waals surface area contributed by atoms with Gasteiger partial charge < -0.3 is 9.40 Å². The molecular weight excluding hydrogens is 224 g/mol. The van der Waals surface area contributed by atoms with Crippen LogP contribution in [0.4, 0.5) is 0 Å². The van der Waals surface area contributed by atoms with Crippen LogP contribution in [0.2, 0.25) is 0 Å². The number of hydrogen-bond acceptors (Lipinski definition) is 4. The van der Waals surface area contributed by atoms with Crippen molar-refractivity contribution in [1.82, 2.24) is 9.97 Å². The Morgan fingerprint density at radius 1 is 1.56 bits per heavy atom. The zero-order chi connectivity index (χ0) is 11.5. The SMILES string of the molecule is CSc1nc(C)c(Cc2ccco2)c(=O)[nH]1. The van der Waals surface area contributed by atoms with Crippen LogP contribution >= 0.6 is 11.8 Å². The normalized spacial score (nSPS) is 10.6. The lowest BCUT2D eigenvalue weighted by Gasteiger charge is -2.03. The fourth-order valence-corrected chi connectivity index (χ4v) is 1.90. The van der Waals surface area contributed by atoms with Gasteiger partial charge in [0.15, 0.2) is 5.16 Å². The molecule has 2 aromatic rings. The topological polar surface area (TPSA) is 58.9 Å². The Bertz CT molecular complexity index is 531. The molecular formula is C11H12N2O2S. The molecule has 0 aromatic carbocycles. The summed E-state index contributed by atoms with van der Waals surface area (Å²) in [5, 5.41) is 0.644. The van der Waals surface area contributed by atoms with Crippen molar-refractivity contribution in [1.29, 1.82) is 0 Å². The number of rotatable bonds is 3. The van der Waals surface area contributed by atoms with Gasteiger partial charge in [0, 0.05) is 17.7 Å².